The Hall–Kier alpha value is -1.02. The van der Waals surface area contributed by atoms with Gasteiger partial charge in [-0.1, -0.05) is 0 Å². The Bertz CT molecular complexity index is 221. The summed E-state index contributed by atoms with van der Waals surface area (Å²) in [7, 11) is 0. The second kappa shape index (κ2) is 6.46. The highest BCUT2D eigenvalue weighted by Gasteiger charge is 2.31. The Morgan fingerprint density at radius 3 is 2.20 bits per heavy atom. The van der Waals surface area contributed by atoms with Crippen molar-refractivity contribution in [2.45, 2.75) is 31.3 Å². The van der Waals surface area contributed by atoms with Gasteiger partial charge in [-0.05, 0) is 0 Å². The molecule has 0 aliphatic carbocycles. The lowest BCUT2D eigenvalue weighted by atomic mass is 10.1. The summed E-state index contributed by atoms with van der Waals surface area (Å²) < 4.78 is 0. The molecule has 88 valence electrons. The predicted octanol–water partition coefficient (Wildman–Crippen LogP) is -3.23. The van der Waals surface area contributed by atoms with Gasteiger partial charge in [-0.25, -0.2) is 0 Å². The quantitative estimate of drug-likeness (QED) is 0.184. The van der Waals surface area contributed by atoms with Crippen LogP contribution in [-0.2, 0) is 9.59 Å². The van der Waals surface area contributed by atoms with Crippen molar-refractivity contribution in [1.29, 1.82) is 0 Å². The topological polar surface area (TPSA) is 127 Å². The van der Waals surface area contributed by atoms with Crippen LogP contribution in [0.15, 0.2) is 0 Å². The first-order chi connectivity index (χ1) is 6.93. The fraction of sp³-hybridized carbons (Fsp3) is 0.750. The van der Waals surface area contributed by atoms with E-state index in [-0.39, 0.29) is 6.29 Å². The third kappa shape index (κ3) is 4.34. The van der Waals surface area contributed by atoms with E-state index in [0.29, 0.717) is 0 Å². The Labute approximate surface area is 86.3 Å². The average molecular weight is 225 g/mol. The number of carbonyl (C=O) groups excluding carboxylic acids is 2. The van der Waals surface area contributed by atoms with Gasteiger partial charge in [-0.3, -0.25) is 4.79 Å². The molecule has 7 nitrogen and oxygen atoms in total. The van der Waals surface area contributed by atoms with Crippen molar-refractivity contribution in [1.82, 2.24) is 5.32 Å². The predicted molar refractivity (Wildman–Crippen MR) is 48.8 cm³/mol. The summed E-state index contributed by atoms with van der Waals surface area (Å²) in [5.41, 5.74) is 0. The van der Waals surface area contributed by atoms with Crippen molar-refractivity contribution in [2.75, 3.05) is 6.61 Å². The molecule has 0 saturated heterocycles. The number of aldehydes is 1. The van der Waals surface area contributed by atoms with Crippen molar-refractivity contribution >= 4 is 12.2 Å². The van der Waals surface area contributed by atoms with Crippen LogP contribution in [0.25, 0.3) is 0 Å². The van der Waals surface area contributed by atoms with E-state index in [1.807, 2.05) is 0 Å². The first-order valence-electron chi connectivity index (χ1n) is 4.31. The zero-order valence-electron chi connectivity index (χ0n) is 8.20. The van der Waals surface area contributed by atoms with E-state index >= 15 is 0 Å². The monoisotopic (exact) mass is 225 g/mol. The first-order valence-corrected chi connectivity index (χ1v) is 4.31. The summed E-state index contributed by atoms with van der Waals surface area (Å²) in [6.07, 6.45) is -4.72. The summed E-state index contributed by atoms with van der Waals surface area (Å²) in [4.78, 5) is 21.1. The van der Waals surface area contributed by atoms with Crippen LogP contribution in [-0.4, -0.2) is 63.6 Å². The molecule has 7 heteroatoms. The van der Waals surface area contributed by atoms with E-state index < -0.39 is 36.9 Å². The molecular weight excluding hydrogens is 210 g/mol. The normalized spacial score (nSPS) is 18.7. The molecule has 0 spiro atoms. The van der Waals surface area contributed by atoms with Crippen LogP contribution < -0.4 is 5.32 Å². The van der Waals surface area contributed by atoms with Crippen LogP contribution in [0.4, 0.5) is 0 Å². The molecule has 0 rings (SSSR count). The summed E-state index contributed by atoms with van der Waals surface area (Å²) in [6, 6.07) is -1.32. The number of aliphatic hydroxyl groups excluding tert-OH is 4. The lowest BCUT2D eigenvalue weighted by Gasteiger charge is -2.25. The maximum absolute atomic E-state index is 10.6. The minimum atomic E-state index is -1.71. The Morgan fingerprint density at radius 2 is 1.87 bits per heavy atom. The van der Waals surface area contributed by atoms with Gasteiger partial charge in [0, 0.05) is 6.92 Å². The summed E-state index contributed by atoms with van der Waals surface area (Å²) >= 11 is 0. The molecule has 0 heterocycles. The fourth-order valence-electron chi connectivity index (χ4n) is 0.983. The van der Waals surface area contributed by atoms with Gasteiger partial charge in [-0.2, -0.15) is 0 Å². The van der Waals surface area contributed by atoms with E-state index in [1.54, 1.807) is 0 Å². The maximum atomic E-state index is 10.6. The van der Waals surface area contributed by atoms with Crippen molar-refractivity contribution in [3.8, 4) is 0 Å². The molecule has 0 aliphatic rings. The highest BCUT2D eigenvalue weighted by Crippen LogP contribution is 2.03. The molecule has 0 bridgehead atoms. The largest absolute Gasteiger partial charge is 0.394 e. The standard InChI is InChI=1S/C8H15NO6/c1-4(12)9-5(2-10)7(14)8(15)6(13)3-11/h2,5-8,11,13-15H,3H2,1H3,(H,9,12)/t5-,6+,7+,8+/m0/s1/i1+1,2+1,4+1,9+1. The van der Waals surface area contributed by atoms with Gasteiger partial charge >= 0.3 is 0 Å². The van der Waals surface area contributed by atoms with Crippen LogP contribution in [0.3, 0.4) is 0 Å². The molecule has 0 aromatic heterocycles. The van der Waals surface area contributed by atoms with Crippen molar-refractivity contribution in [3.63, 3.8) is 0 Å². The minimum absolute atomic E-state index is 0.235. The van der Waals surface area contributed by atoms with Gasteiger partial charge in [-0.15, -0.1) is 0 Å². The Morgan fingerprint density at radius 1 is 1.33 bits per heavy atom. The molecule has 0 aromatic carbocycles. The van der Waals surface area contributed by atoms with E-state index in [2.05, 4.69) is 5.32 Å². The zero-order valence-corrected chi connectivity index (χ0v) is 8.20. The molecule has 0 aliphatic heterocycles. The fourth-order valence-corrected chi connectivity index (χ4v) is 0.983. The average Bonchev–Trinajstić information content (AvgIpc) is 2.22. The smallest absolute Gasteiger partial charge is 0.217 e. The molecule has 1 amide bonds. The first kappa shape index (κ1) is 14.0. The van der Waals surface area contributed by atoms with Gasteiger partial charge < -0.3 is 30.5 Å². The number of hydrogen-bond acceptors (Lipinski definition) is 6. The highest BCUT2D eigenvalue weighted by atomic mass is 16.4. The number of nitrogens with one attached hydrogen (secondary N) is 1. The number of hydrogen-bond donors (Lipinski definition) is 5. The molecule has 5 N–H and O–H groups in total. The van der Waals surface area contributed by atoms with Crippen molar-refractivity contribution in [2.24, 2.45) is 0 Å². The molecule has 4 atom stereocenters. The number of aliphatic hydroxyl groups is 4. The van der Waals surface area contributed by atoms with Gasteiger partial charge in [0.05, 0.1) is 6.61 Å². The second-order valence-electron chi connectivity index (χ2n) is 3.09. The summed E-state index contributed by atoms with van der Waals surface area (Å²) in [6.45, 7) is 0.377. The van der Waals surface area contributed by atoms with Gasteiger partial charge in [0.15, 0.2) is 0 Å². The molecule has 15 heavy (non-hydrogen) atoms. The van der Waals surface area contributed by atoms with E-state index in [1.165, 1.54) is 0 Å². The number of rotatable bonds is 6. The van der Waals surface area contributed by atoms with Crippen LogP contribution in [0.2, 0.25) is 0 Å². The lowest BCUT2D eigenvalue weighted by molar-refractivity contribution is -0.129. The summed E-state index contributed by atoms with van der Waals surface area (Å²) in [5.74, 6) is -0.558. The van der Waals surface area contributed by atoms with Crippen molar-refractivity contribution < 1.29 is 30.0 Å². The van der Waals surface area contributed by atoms with E-state index in [0.717, 1.165) is 6.92 Å². The molecular formula is C8H15NO6. The van der Waals surface area contributed by atoms with Crippen LogP contribution in [0.5, 0.6) is 0 Å². The van der Waals surface area contributed by atoms with Crippen LogP contribution in [0, 0.1) is 0 Å². The lowest BCUT2D eigenvalue weighted by Crippen LogP contribution is -2.53. The van der Waals surface area contributed by atoms with Gasteiger partial charge in [0.25, 0.3) is 0 Å². The third-order valence-electron chi connectivity index (χ3n) is 1.82. The Balaban J connectivity index is 4.42. The highest BCUT2D eigenvalue weighted by molar-refractivity contribution is 5.77. The van der Waals surface area contributed by atoms with E-state index in [9.17, 15) is 19.8 Å². The molecule has 0 fully saturated rings. The summed E-state index contributed by atoms with van der Waals surface area (Å²) in [5, 5.41) is 38.2. The number of amides is 1. The third-order valence-corrected chi connectivity index (χ3v) is 1.82. The van der Waals surface area contributed by atoms with Crippen LogP contribution >= 0.6 is 0 Å². The van der Waals surface area contributed by atoms with Crippen LogP contribution in [0.1, 0.15) is 6.92 Å². The van der Waals surface area contributed by atoms with Gasteiger partial charge in [0.1, 0.15) is 30.6 Å². The van der Waals surface area contributed by atoms with E-state index in [4.69, 9.17) is 10.2 Å². The SMILES string of the molecule is [13CH3][13C](=O)[15NH][C@@H]([13CH]=O)[C@@H](O)[C@H](O)[C@H](O)CO. The maximum Gasteiger partial charge on any atom is 0.217 e. The molecule has 0 unspecified atom stereocenters. The molecule has 0 aromatic rings. The minimum Gasteiger partial charge on any atom is -0.394 e. The molecule has 0 saturated carbocycles. The number of carbonyl (C=O) groups is 2. The molecule has 0 radical (unpaired) electrons. The second-order valence-corrected chi connectivity index (χ2v) is 3.09. The Kier molecular flexibility index (Phi) is 6.02. The van der Waals surface area contributed by atoms with Gasteiger partial charge in [0.2, 0.25) is 5.91 Å². The van der Waals surface area contributed by atoms with Crippen molar-refractivity contribution in [3.05, 3.63) is 0 Å². The zero-order chi connectivity index (χ0) is 12.0.